The molecule has 4 nitrogen and oxygen atoms in total. The van der Waals surface area contributed by atoms with Gasteiger partial charge < -0.3 is 11.1 Å². The molecule has 1 atom stereocenters. The second kappa shape index (κ2) is 7.55. The summed E-state index contributed by atoms with van der Waals surface area (Å²) >= 11 is 4.78. The summed E-state index contributed by atoms with van der Waals surface area (Å²) in [5.41, 5.74) is 6.81. The standard InChI is InChI=1S/C15H18BrN3OS.ClH/c1-9(2)12-8-21-14(18-12)19-13(20)15(3,17)10-4-6-11(16)7-5-10;/h4-9H,17H2,1-3H3,(H,18,19,20);1H. The SMILES string of the molecule is CC(C)c1csc(NC(=O)C(C)(N)c2ccc(Br)cc2)n1.Cl. The van der Waals surface area contributed by atoms with Gasteiger partial charge in [-0.1, -0.05) is 41.9 Å². The summed E-state index contributed by atoms with van der Waals surface area (Å²) in [5, 5.41) is 5.34. The molecule has 0 radical (unpaired) electrons. The Bertz CT molecular complexity index is 640. The fourth-order valence-electron chi connectivity index (χ4n) is 1.76. The maximum Gasteiger partial charge on any atom is 0.250 e. The van der Waals surface area contributed by atoms with Crippen LogP contribution in [0.3, 0.4) is 0 Å². The van der Waals surface area contributed by atoms with E-state index < -0.39 is 5.54 Å². The number of anilines is 1. The Balaban J connectivity index is 0.00000242. The van der Waals surface area contributed by atoms with Gasteiger partial charge in [-0.3, -0.25) is 4.79 Å². The van der Waals surface area contributed by atoms with E-state index in [9.17, 15) is 4.79 Å². The van der Waals surface area contributed by atoms with Crippen molar-refractivity contribution in [3.05, 3.63) is 45.4 Å². The predicted molar refractivity (Wildman–Crippen MR) is 97.8 cm³/mol. The molecule has 1 amide bonds. The normalized spacial score (nSPS) is 13.4. The third-order valence-corrected chi connectivity index (χ3v) is 4.55. The zero-order chi connectivity index (χ0) is 15.6. The number of hydrogen-bond acceptors (Lipinski definition) is 4. The molecule has 120 valence electrons. The van der Waals surface area contributed by atoms with Crippen molar-refractivity contribution < 1.29 is 4.79 Å². The fourth-order valence-corrected chi connectivity index (χ4v) is 2.89. The summed E-state index contributed by atoms with van der Waals surface area (Å²) in [4.78, 5) is 16.8. The van der Waals surface area contributed by atoms with E-state index >= 15 is 0 Å². The minimum absolute atomic E-state index is 0. The van der Waals surface area contributed by atoms with Crippen molar-refractivity contribution in [2.24, 2.45) is 5.73 Å². The van der Waals surface area contributed by atoms with Crippen molar-refractivity contribution in [1.29, 1.82) is 0 Å². The molecule has 0 spiro atoms. The van der Waals surface area contributed by atoms with Crippen molar-refractivity contribution in [3.8, 4) is 0 Å². The molecule has 1 aromatic carbocycles. The first-order chi connectivity index (χ1) is 9.80. The topological polar surface area (TPSA) is 68.0 Å². The van der Waals surface area contributed by atoms with Crippen LogP contribution < -0.4 is 11.1 Å². The van der Waals surface area contributed by atoms with Crippen LogP contribution in [0.4, 0.5) is 5.13 Å². The average Bonchev–Trinajstić information content (AvgIpc) is 2.88. The second-order valence-electron chi connectivity index (χ2n) is 5.40. The molecule has 2 aromatic rings. The molecular weight excluding hydrogens is 386 g/mol. The zero-order valence-electron chi connectivity index (χ0n) is 12.6. The molecule has 0 saturated carbocycles. The van der Waals surface area contributed by atoms with E-state index in [0.717, 1.165) is 15.7 Å². The van der Waals surface area contributed by atoms with Crippen molar-refractivity contribution in [2.45, 2.75) is 32.2 Å². The number of carbonyl (C=O) groups excluding carboxylic acids is 1. The highest BCUT2D eigenvalue weighted by atomic mass is 79.9. The number of nitrogens with zero attached hydrogens (tertiary/aromatic N) is 1. The lowest BCUT2D eigenvalue weighted by Crippen LogP contribution is -2.45. The van der Waals surface area contributed by atoms with Gasteiger partial charge in [0.1, 0.15) is 5.54 Å². The van der Waals surface area contributed by atoms with E-state index in [1.165, 1.54) is 11.3 Å². The quantitative estimate of drug-likeness (QED) is 0.800. The van der Waals surface area contributed by atoms with Gasteiger partial charge in [-0.15, -0.1) is 23.7 Å². The first-order valence-corrected chi connectivity index (χ1v) is 8.29. The van der Waals surface area contributed by atoms with Gasteiger partial charge >= 0.3 is 0 Å². The molecule has 2 rings (SSSR count). The van der Waals surface area contributed by atoms with Crippen molar-refractivity contribution in [2.75, 3.05) is 5.32 Å². The number of benzene rings is 1. The number of aromatic nitrogens is 1. The first-order valence-electron chi connectivity index (χ1n) is 6.62. The molecule has 0 aliphatic heterocycles. The minimum atomic E-state index is -1.11. The first kappa shape index (κ1) is 19.1. The maximum atomic E-state index is 12.4. The Morgan fingerprint density at radius 3 is 2.45 bits per heavy atom. The lowest BCUT2D eigenvalue weighted by molar-refractivity contribution is -0.120. The van der Waals surface area contributed by atoms with Crippen LogP contribution >= 0.6 is 39.7 Å². The van der Waals surface area contributed by atoms with E-state index in [-0.39, 0.29) is 18.3 Å². The van der Waals surface area contributed by atoms with Crippen LogP contribution in [0.2, 0.25) is 0 Å². The number of rotatable bonds is 4. The van der Waals surface area contributed by atoms with Gasteiger partial charge in [0, 0.05) is 9.85 Å². The number of hydrogen-bond donors (Lipinski definition) is 2. The van der Waals surface area contributed by atoms with E-state index in [1.54, 1.807) is 6.92 Å². The molecule has 7 heteroatoms. The lowest BCUT2D eigenvalue weighted by atomic mass is 9.92. The molecule has 0 aliphatic carbocycles. The van der Waals surface area contributed by atoms with Crippen LogP contribution in [0.25, 0.3) is 0 Å². The predicted octanol–water partition coefficient (Wildman–Crippen LogP) is 4.26. The molecule has 0 saturated heterocycles. The van der Waals surface area contributed by atoms with E-state index in [1.807, 2.05) is 29.6 Å². The van der Waals surface area contributed by atoms with Crippen LogP contribution in [0, 0.1) is 0 Å². The van der Waals surface area contributed by atoms with Gasteiger partial charge in [0.15, 0.2) is 5.13 Å². The molecule has 0 aliphatic rings. The highest BCUT2D eigenvalue weighted by Crippen LogP contribution is 2.25. The Labute approximate surface area is 149 Å². The van der Waals surface area contributed by atoms with Crippen LogP contribution in [-0.4, -0.2) is 10.9 Å². The van der Waals surface area contributed by atoms with Crippen LogP contribution in [0.15, 0.2) is 34.1 Å². The Morgan fingerprint density at radius 2 is 1.95 bits per heavy atom. The zero-order valence-corrected chi connectivity index (χ0v) is 15.8. The number of halogens is 2. The molecule has 22 heavy (non-hydrogen) atoms. The number of nitrogens with one attached hydrogen (secondary N) is 1. The summed E-state index contributed by atoms with van der Waals surface area (Å²) in [6, 6.07) is 7.41. The summed E-state index contributed by atoms with van der Waals surface area (Å²) in [5.74, 6) is 0.0668. The number of thiazole rings is 1. The Kier molecular flexibility index (Phi) is 6.55. The molecular formula is C15H19BrClN3OS. The third-order valence-electron chi connectivity index (χ3n) is 3.25. The molecule has 3 N–H and O–H groups in total. The van der Waals surface area contributed by atoms with E-state index in [4.69, 9.17) is 5.73 Å². The molecule has 1 aromatic heterocycles. The minimum Gasteiger partial charge on any atom is -0.314 e. The maximum absolute atomic E-state index is 12.4. The Hall–Kier alpha value is -0.950. The van der Waals surface area contributed by atoms with Crippen LogP contribution in [-0.2, 0) is 10.3 Å². The highest BCUT2D eigenvalue weighted by Gasteiger charge is 2.31. The van der Waals surface area contributed by atoms with Gasteiger partial charge in [0.25, 0.3) is 5.91 Å². The summed E-state index contributed by atoms with van der Waals surface area (Å²) in [6.45, 7) is 5.83. The van der Waals surface area contributed by atoms with Crippen LogP contribution in [0.5, 0.6) is 0 Å². The number of carbonyl (C=O) groups is 1. The lowest BCUT2D eigenvalue weighted by Gasteiger charge is -2.23. The van der Waals surface area contributed by atoms with Crippen molar-refractivity contribution >= 4 is 50.7 Å². The molecule has 1 heterocycles. The average molecular weight is 405 g/mol. The van der Waals surface area contributed by atoms with Crippen molar-refractivity contribution in [1.82, 2.24) is 4.98 Å². The number of amides is 1. The van der Waals surface area contributed by atoms with E-state index in [2.05, 4.69) is 40.1 Å². The summed E-state index contributed by atoms with van der Waals surface area (Å²) in [6.07, 6.45) is 0. The van der Waals surface area contributed by atoms with Crippen molar-refractivity contribution in [3.63, 3.8) is 0 Å². The molecule has 1 unspecified atom stereocenters. The summed E-state index contributed by atoms with van der Waals surface area (Å²) < 4.78 is 0.948. The monoisotopic (exact) mass is 403 g/mol. The van der Waals surface area contributed by atoms with Crippen LogP contribution in [0.1, 0.15) is 37.9 Å². The Morgan fingerprint density at radius 1 is 1.36 bits per heavy atom. The largest absolute Gasteiger partial charge is 0.314 e. The number of nitrogens with two attached hydrogens (primary N) is 1. The van der Waals surface area contributed by atoms with Gasteiger partial charge in [-0.2, -0.15) is 0 Å². The van der Waals surface area contributed by atoms with E-state index in [0.29, 0.717) is 11.0 Å². The smallest absolute Gasteiger partial charge is 0.250 e. The molecule has 0 bridgehead atoms. The van der Waals surface area contributed by atoms with Gasteiger partial charge in [-0.25, -0.2) is 4.98 Å². The van der Waals surface area contributed by atoms with Gasteiger partial charge in [0.2, 0.25) is 0 Å². The molecule has 0 fully saturated rings. The van der Waals surface area contributed by atoms with Gasteiger partial charge in [-0.05, 0) is 30.5 Å². The highest BCUT2D eigenvalue weighted by molar-refractivity contribution is 9.10. The van der Waals surface area contributed by atoms with Gasteiger partial charge in [0.05, 0.1) is 5.69 Å². The second-order valence-corrected chi connectivity index (χ2v) is 7.17. The third kappa shape index (κ3) is 4.29. The fraction of sp³-hybridized carbons (Fsp3) is 0.333. The summed E-state index contributed by atoms with van der Waals surface area (Å²) in [7, 11) is 0.